The number of rotatable bonds is 5. The van der Waals surface area contributed by atoms with E-state index in [1.165, 1.54) is 11.0 Å². The molecule has 0 aromatic heterocycles. The molecule has 1 aromatic carbocycles. The van der Waals surface area contributed by atoms with Gasteiger partial charge in [-0.25, -0.2) is 9.18 Å². The van der Waals surface area contributed by atoms with Gasteiger partial charge in [0.15, 0.2) is 6.10 Å². The van der Waals surface area contributed by atoms with E-state index >= 15 is 0 Å². The van der Waals surface area contributed by atoms with Crippen molar-refractivity contribution < 1.29 is 37.8 Å². The summed E-state index contributed by atoms with van der Waals surface area (Å²) in [4.78, 5) is 52.7. The van der Waals surface area contributed by atoms with Gasteiger partial charge in [0.1, 0.15) is 11.4 Å². The van der Waals surface area contributed by atoms with Gasteiger partial charge in [-0.05, 0) is 45.4 Å². The van der Waals surface area contributed by atoms with Crippen LogP contribution in [0.25, 0.3) is 0 Å². The highest BCUT2D eigenvalue weighted by atomic mass is 19.1. The first-order valence-electron chi connectivity index (χ1n) is 10.4. The number of anilines is 1. The van der Waals surface area contributed by atoms with Crippen LogP contribution in [0.4, 0.5) is 10.1 Å². The minimum absolute atomic E-state index is 0.00286. The topological polar surface area (TPSA) is 102 Å². The number of likely N-dealkylation sites (tertiary alicyclic amines) is 1. The molecule has 0 N–H and O–H groups in total. The molecule has 0 bridgehead atoms. The first-order valence-corrected chi connectivity index (χ1v) is 10.4. The van der Waals surface area contributed by atoms with Crippen LogP contribution in [-0.2, 0) is 28.6 Å². The van der Waals surface area contributed by atoms with Crippen molar-refractivity contribution in [2.75, 3.05) is 31.1 Å². The number of amides is 2. The van der Waals surface area contributed by atoms with E-state index in [0.717, 1.165) is 25.5 Å². The zero-order valence-electron chi connectivity index (χ0n) is 18.6. The average Bonchev–Trinajstić information content (AvgIpc) is 2.63. The molecule has 2 amide bonds. The molecule has 2 fully saturated rings. The van der Waals surface area contributed by atoms with Gasteiger partial charge in [-0.2, -0.15) is 0 Å². The summed E-state index contributed by atoms with van der Waals surface area (Å²) in [5.41, 5.74) is -0.612. The number of morpholine rings is 1. The molecule has 2 aliphatic heterocycles. The summed E-state index contributed by atoms with van der Waals surface area (Å²) >= 11 is 0. The van der Waals surface area contributed by atoms with Crippen molar-refractivity contribution in [3.8, 4) is 0 Å². The van der Waals surface area contributed by atoms with Gasteiger partial charge in [0.05, 0.1) is 6.61 Å². The van der Waals surface area contributed by atoms with Gasteiger partial charge < -0.3 is 24.0 Å². The molecule has 2 saturated heterocycles. The van der Waals surface area contributed by atoms with Crippen LogP contribution >= 0.6 is 0 Å². The van der Waals surface area contributed by atoms with Gasteiger partial charge in [0, 0.05) is 37.8 Å². The van der Waals surface area contributed by atoms with Crippen LogP contribution in [0.3, 0.4) is 0 Å². The van der Waals surface area contributed by atoms with E-state index in [0.29, 0.717) is 13.1 Å². The summed E-state index contributed by atoms with van der Waals surface area (Å²) < 4.78 is 30.1. The highest BCUT2D eigenvalue weighted by molar-refractivity contribution is 6.02. The third-order valence-electron chi connectivity index (χ3n) is 4.91. The Hall–Kier alpha value is -3.01. The van der Waals surface area contributed by atoms with Gasteiger partial charge in [-0.1, -0.05) is 0 Å². The van der Waals surface area contributed by atoms with E-state index in [1.807, 2.05) is 0 Å². The molecule has 0 saturated carbocycles. The molecule has 2 atom stereocenters. The fourth-order valence-corrected chi connectivity index (χ4v) is 3.41. The van der Waals surface area contributed by atoms with E-state index in [2.05, 4.69) is 0 Å². The Morgan fingerprint density at radius 2 is 1.84 bits per heavy atom. The van der Waals surface area contributed by atoms with Crippen LogP contribution in [0.1, 0.15) is 44.5 Å². The Bertz CT molecular complexity index is 923. The second kappa shape index (κ2) is 9.23. The summed E-state index contributed by atoms with van der Waals surface area (Å²) in [5.74, 6) is -3.42. The average molecular weight is 450 g/mol. The predicted molar refractivity (Wildman–Crippen MR) is 110 cm³/mol. The Labute approximate surface area is 185 Å². The molecular weight excluding hydrogens is 423 g/mol. The Kier molecular flexibility index (Phi) is 6.82. The first-order chi connectivity index (χ1) is 15.0. The van der Waals surface area contributed by atoms with Crippen LogP contribution in [-0.4, -0.2) is 72.7 Å². The van der Waals surface area contributed by atoms with Gasteiger partial charge >= 0.3 is 11.9 Å². The van der Waals surface area contributed by atoms with E-state index in [-0.39, 0.29) is 30.3 Å². The highest BCUT2D eigenvalue weighted by Crippen LogP contribution is 2.26. The summed E-state index contributed by atoms with van der Waals surface area (Å²) in [6.07, 6.45) is -2.21. The van der Waals surface area contributed by atoms with Crippen molar-refractivity contribution >= 4 is 29.4 Å². The number of esters is 2. The number of benzene rings is 1. The molecule has 2 unspecified atom stereocenters. The number of hydrogen-bond donors (Lipinski definition) is 0. The molecule has 174 valence electrons. The zero-order valence-corrected chi connectivity index (χ0v) is 18.6. The largest absolute Gasteiger partial charge is 0.457 e. The molecule has 0 spiro atoms. The number of halogens is 1. The van der Waals surface area contributed by atoms with E-state index in [1.54, 1.807) is 25.7 Å². The maximum Gasteiger partial charge on any atom is 0.351 e. The number of hydrogen-bond acceptors (Lipinski definition) is 7. The SMILES string of the molecule is CC(=O)OC(C(=O)OC(C)(C)C)C1OCCN(c2cc(F)cc(C(=O)N3CCC3)c2)C1=O. The first kappa shape index (κ1) is 23.6. The molecular formula is C22H27FN2O7. The molecule has 0 radical (unpaired) electrons. The van der Waals surface area contributed by atoms with Gasteiger partial charge in [-0.3, -0.25) is 14.4 Å². The van der Waals surface area contributed by atoms with E-state index in [9.17, 15) is 23.6 Å². The number of ether oxygens (including phenoxy) is 3. The molecule has 9 nitrogen and oxygen atoms in total. The van der Waals surface area contributed by atoms with Gasteiger partial charge in [0.2, 0.25) is 6.10 Å². The normalized spacial score (nSPS) is 19.8. The van der Waals surface area contributed by atoms with Crippen LogP contribution in [0.5, 0.6) is 0 Å². The predicted octanol–water partition coefficient (Wildman–Crippen LogP) is 1.68. The lowest BCUT2D eigenvalue weighted by Gasteiger charge is -2.36. The molecule has 2 heterocycles. The molecule has 32 heavy (non-hydrogen) atoms. The molecule has 1 aromatic rings. The molecule has 3 rings (SSSR count). The highest BCUT2D eigenvalue weighted by Gasteiger charge is 2.44. The van der Waals surface area contributed by atoms with Crippen molar-refractivity contribution in [1.29, 1.82) is 0 Å². The summed E-state index contributed by atoms with van der Waals surface area (Å²) in [6, 6.07) is 3.68. The Morgan fingerprint density at radius 3 is 2.41 bits per heavy atom. The molecule has 0 aliphatic carbocycles. The summed E-state index contributed by atoms with van der Waals surface area (Å²) in [5, 5.41) is 0. The Balaban J connectivity index is 1.87. The fourth-order valence-electron chi connectivity index (χ4n) is 3.41. The van der Waals surface area contributed by atoms with Gasteiger partial charge in [0.25, 0.3) is 11.8 Å². The van der Waals surface area contributed by atoms with Crippen LogP contribution < -0.4 is 4.90 Å². The Morgan fingerprint density at radius 1 is 1.16 bits per heavy atom. The monoisotopic (exact) mass is 450 g/mol. The number of carbonyl (C=O) groups excluding carboxylic acids is 4. The fraction of sp³-hybridized carbons (Fsp3) is 0.545. The van der Waals surface area contributed by atoms with Gasteiger partial charge in [-0.15, -0.1) is 0 Å². The van der Waals surface area contributed by atoms with Crippen molar-refractivity contribution in [1.82, 2.24) is 4.90 Å². The maximum absolute atomic E-state index is 14.3. The zero-order chi connectivity index (χ0) is 23.6. The molecule has 10 heteroatoms. The minimum atomic E-state index is -1.63. The summed E-state index contributed by atoms with van der Waals surface area (Å²) in [6.45, 7) is 7.27. The lowest BCUT2D eigenvalue weighted by atomic mass is 10.1. The second-order valence-corrected chi connectivity index (χ2v) is 8.69. The summed E-state index contributed by atoms with van der Waals surface area (Å²) in [7, 11) is 0. The molecule has 2 aliphatic rings. The minimum Gasteiger partial charge on any atom is -0.457 e. The second-order valence-electron chi connectivity index (χ2n) is 8.69. The van der Waals surface area contributed by atoms with E-state index in [4.69, 9.17) is 14.2 Å². The quantitative estimate of drug-likeness (QED) is 0.629. The van der Waals surface area contributed by atoms with Crippen molar-refractivity contribution in [2.24, 2.45) is 0 Å². The van der Waals surface area contributed by atoms with Crippen molar-refractivity contribution in [3.05, 3.63) is 29.6 Å². The maximum atomic E-state index is 14.3. The van der Waals surface area contributed by atoms with Crippen molar-refractivity contribution in [2.45, 2.75) is 51.9 Å². The lowest BCUT2D eigenvalue weighted by Crippen LogP contribution is -2.56. The lowest BCUT2D eigenvalue weighted by molar-refractivity contribution is -0.188. The van der Waals surface area contributed by atoms with Crippen LogP contribution in [0.2, 0.25) is 0 Å². The third kappa shape index (κ3) is 5.42. The third-order valence-corrected chi connectivity index (χ3v) is 4.91. The van der Waals surface area contributed by atoms with Crippen molar-refractivity contribution in [3.63, 3.8) is 0 Å². The van der Waals surface area contributed by atoms with Crippen LogP contribution in [0.15, 0.2) is 18.2 Å². The van der Waals surface area contributed by atoms with E-state index < -0.39 is 41.5 Å². The number of carbonyl (C=O) groups is 4. The smallest absolute Gasteiger partial charge is 0.351 e. The van der Waals surface area contributed by atoms with Crippen LogP contribution in [0, 0.1) is 5.82 Å². The standard InChI is InChI=1S/C22H27FN2O7/c1-13(26)31-18(21(29)32-22(2,3)4)17-20(28)25(8-9-30-17)16-11-14(10-15(23)12-16)19(27)24-6-5-7-24/h10-12,17-18H,5-9H2,1-4H3. The number of nitrogens with zero attached hydrogens (tertiary/aromatic N) is 2.